The number of para-hydroxylation sites is 1. The third-order valence-electron chi connectivity index (χ3n) is 2.53. The van der Waals surface area contributed by atoms with Crippen LogP contribution in [0.5, 0.6) is 5.75 Å². The quantitative estimate of drug-likeness (QED) is 0.842. The van der Waals surface area contributed by atoms with Crippen LogP contribution >= 0.6 is 0 Å². The predicted octanol–water partition coefficient (Wildman–Crippen LogP) is 1.74. The summed E-state index contributed by atoms with van der Waals surface area (Å²) in [6, 6.07) is 7.90. The van der Waals surface area contributed by atoms with E-state index in [1.165, 1.54) is 5.56 Å². The second-order valence-corrected chi connectivity index (χ2v) is 3.68. The number of aryl methyl sites for hydroxylation is 1. The summed E-state index contributed by atoms with van der Waals surface area (Å²) in [5.41, 5.74) is 1.17. The first-order chi connectivity index (χ1) is 7.79. The fourth-order valence-corrected chi connectivity index (χ4v) is 1.64. The van der Waals surface area contributed by atoms with Crippen molar-refractivity contribution in [1.29, 1.82) is 0 Å². The van der Waals surface area contributed by atoms with Crippen molar-refractivity contribution in [3.8, 4) is 5.75 Å². The van der Waals surface area contributed by atoms with E-state index in [-0.39, 0.29) is 12.2 Å². The molecule has 1 aromatic rings. The molecule has 1 aliphatic heterocycles. The van der Waals surface area contributed by atoms with Gasteiger partial charge in [-0.3, -0.25) is 0 Å². The monoisotopic (exact) mass is 221 g/mol. The van der Waals surface area contributed by atoms with Gasteiger partial charge in [-0.15, -0.1) is 0 Å². The summed E-state index contributed by atoms with van der Waals surface area (Å²) in [4.78, 5) is 10.8. The van der Waals surface area contributed by atoms with Gasteiger partial charge in [0.05, 0.1) is 6.54 Å². The maximum Gasteiger partial charge on any atom is 0.407 e. The summed E-state index contributed by atoms with van der Waals surface area (Å²) in [5, 5.41) is 2.59. The average molecular weight is 221 g/mol. The van der Waals surface area contributed by atoms with Crippen molar-refractivity contribution in [2.45, 2.75) is 19.4 Å². The molecule has 1 aliphatic rings. The molecule has 0 saturated carbocycles. The van der Waals surface area contributed by atoms with Crippen LogP contribution in [0.15, 0.2) is 24.3 Å². The van der Waals surface area contributed by atoms with Gasteiger partial charge in [0, 0.05) is 0 Å². The van der Waals surface area contributed by atoms with Crippen LogP contribution in [-0.2, 0) is 11.2 Å². The molecule has 1 heterocycles. The van der Waals surface area contributed by atoms with Crippen molar-refractivity contribution in [3.63, 3.8) is 0 Å². The number of amides is 1. The summed E-state index contributed by atoms with van der Waals surface area (Å²) < 4.78 is 10.6. The Kier molecular flexibility index (Phi) is 3.29. The van der Waals surface area contributed by atoms with Gasteiger partial charge in [-0.25, -0.2) is 4.79 Å². The van der Waals surface area contributed by atoms with Crippen molar-refractivity contribution in [1.82, 2.24) is 5.32 Å². The summed E-state index contributed by atoms with van der Waals surface area (Å²) in [7, 11) is 0. The highest BCUT2D eigenvalue weighted by molar-refractivity contribution is 5.69. The molecule has 1 fully saturated rings. The maximum absolute atomic E-state index is 10.8. The Labute approximate surface area is 94.6 Å². The van der Waals surface area contributed by atoms with E-state index in [9.17, 15) is 4.79 Å². The molecule has 1 atom stereocenters. The molecule has 16 heavy (non-hydrogen) atoms. The number of hydrogen-bond acceptors (Lipinski definition) is 3. The number of rotatable bonds is 4. The van der Waals surface area contributed by atoms with Crippen LogP contribution in [0, 0.1) is 0 Å². The Morgan fingerprint density at radius 2 is 2.31 bits per heavy atom. The lowest BCUT2D eigenvalue weighted by Gasteiger charge is -2.12. The Balaban J connectivity index is 1.91. The zero-order valence-corrected chi connectivity index (χ0v) is 9.23. The van der Waals surface area contributed by atoms with Crippen LogP contribution in [-0.4, -0.2) is 25.3 Å². The highest BCUT2D eigenvalue weighted by atomic mass is 16.6. The molecule has 0 aliphatic carbocycles. The van der Waals surface area contributed by atoms with Crippen molar-refractivity contribution >= 4 is 6.09 Å². The first kappa shape index (κ1) is 10.8. The fourth-order valence-electron chi connectivity index (χ4n) is 1.64. The first-order valence-corrected chi connectivity index (χ1v) is 5.44. The van der Waals surface area contributed by atoms with Gasteiger partial charge in [-0.2, -0.15) is 0 Å². The molecule has 1 aromatic carbocycles. The van der Waals surface area contributed by atoms with Crippen molar-refractivity contribution in [3.05, 3.63) is 29.8 Å². The van der Waals surface area contributed by atoms with Crippen LogP contribution in [0.1, 0.15) is 12.5 Å². The lowest BCUT2D eigenvalue weighted by atomic mass is 10.1. The van der Waals surface area contributed by atoms with Gasteiger partial charge >= 0.3 is 6.09 Å². The lowest BCUT2D eigenvalue weighted by Crippen LogP contribution is -2.22. The Bertz CT molecular complexity index is 378. The Morgan fingerprint density at radius 1 is 1.50 bits per heavy atom. The van der Waals surface area contributed by atoms with Crippen LogP contribution in [0.25, 0.3) is 0 Å². The maximum atomic E-state index is 10.8. The van der Waals surface area contributed by atoms with Gasteiger partial charge in [0.15, 0.2) is 6.10 Å². The number of ether oxygens (including phenoxy) is 2. The van der Waals surface area contributed by atoms with Crippen LogP contribution < -0.4 is 10.1 Å². The Hall–Kier alpha value is -1.71. The summed E-state index contributed by atoms with van der Waals surface area (Å²) in [6.45, 7) is 3.00. The highest BCUT2D eigenvalue weighted by Gasteiger charge is 2.23. The second kappa shape index (κ2) is 4.88. The lowest BCUT2D eigenvalue weighted by molar-refractivity contribution is 0.104. The molecule has 4 heteroatoms. The molecule has 1 unspecified atom stereocenters. The minimum absolute atomic E-state index is 0.183. The smallest absolute Gasteiger partial charge is 0.407 e. The zero-order valence-electron chi connectivity index (χ0n) is 9.23. The molecule has 0 spiro atoms. The molecule has 0 radical (unpaired) electrons. The van der Waals surface area contributed by atoms with Crippen LogP contribution in [0.4, 0.5) is 4.79 Å². The molecule has 1 saturated heterocycles. The number of alkyl carbamates (subject to hydrolysis) is 1. The fraction of sp³-hybridized carbons (Fsp3) is 0.417. The van der Waals surface area contributed by atoms with Crippen molar-refractivity contribution in [2.24, 2.45) is 0 Å². The molecule has 86 valence electrons. The molecule has 0 bridgehead atoms. The predicted molar refractivity (Wildman–Crippen MR) is 59.6 cm³/mol. The van der Waals surface area contributed by atoms with E-state index in [1.54, 1.807) is 0 Å². The number of nitrogens with one attached hydrogen (secondary N) is 1. The largest absolute Gasteiger partial charge is 0.489 e. The molecule has 4 nitrogen and oxygen atoms in total. The van der Waals surface area contributed by atoms with E-state index >= 15 is 0 Å². The van der Waals surface area contributed by atoms with E-state index in [2.05, 4.69) is 12.2 Å². The van der Waals surface area contributed by atoms with Gasteiger partial charge in [-0.05, 0) is 18.1 Å². The zero-order chi connectivity index (χ0) is 11.4. The van der Waals surface area contributed by atoms with Gasteiger partial charge in [-0.1, -0.05) is 25.1 Å². The normalized spacial score (nSPS) is 19.1. The minimum Gasteiger partial charge on any atom is -0.489 e. The topological polar surface area (TPSA) is 47.6 Å². The third-order valence-corrected chi connectivity index (χ3v) is 2.53. The number of benzene rings is 1. The summed E-state index contributed by atoms with van der Waals surface area (Å²) in [5.74, 6) is 0.868. The van der Waals surface area contributed by atoms with Gasteiger partial charge < -0.3 is 14.8 Å². The van der Waals surface area contributed by atoms with E-state index < -0.39 is 0 Å². The number of hydrogen-bond donors (Lipinski definition) is 1. The molecule has 1 N–H and O–H groups in total. The second-order valence-electron chi connectivity index (χ2n) is 3.68. The Morgan fingerprint density at radius 3 is 3.00 bits per heavy atom. The summed E-state index contributed by atoms with van der Waals surface area (Å²) in [6.07, 6.45) is 0.383. The number of carbonyl (C=O) groups excluding carboxylic acids is 1. The van der Waals surface area contributed by atoms with Crippen LogP contribution in [0.3, 0.4) is 0 Å². The van der Waals surface area contributed by atoms with Gasteiger partial charge in [0.2, 0.25) is 0 Å². The van der Waals surface area contributed by atoms with E-state index in [4.69, 9.17) is 9.47 Å². The molecule has 2 rings (SSSR count). The third kappa shape index (κ3) is 2.45. The van der Waals surface area contributed by atoms with E-state index in [0.29, 0.717) is 13.2 Å². The SMILES string of the molecule is CCc1ccccc1OCC1CNC(=O)O1. The van der Waals surface area contributed by atoms with E-state index in [0.717, 1.165) is 12.2 Å². The van der Waals surface area contributed by atoms with Gasteiger partial charge in [0.1, 0.15) is 12.4 Å². The molecule has 1 amide bonds. The summed E-state index contributed by atoms with van der Waals surface area (Å²) >= 11 is 0. The first-order valence-electron chi connectivity index (χ1n) is 5.44. The highest BCUT2D eigenvalue weighted by Crippen LogP contribution is 2.18. The van der Waals surface area contributed by atoms with Crippen LogP contribution in [0.2, 0.25) is 0 Å². The average Bonchev–Trinajstić information content (AvgIpc) is 2.73. The molecular formula is C12H15NO3. The minimum atomic E-state index is -0.364. The molecule has 0 aromatic heterocycles. The van der Waals surface area contributed by atoms with E-state index in [1.807, 2.05) is 24.3 Å². The van der Waals surface area contributed by atoms with Gasteiger partial charge in [0.25, 0.3) is 0 Å². The van der Waals surface area contributed by atoms with Crippen molar-refractivity contribution < 1.29 is 14.3 Å². The molecular weight excluding hydrogens is 206 g/mol. The number of carbonyl (C=O) groups is 1. The number of cyclic esters (lactones) is 1. The van der Waals surface area contributed by atoms with Crippen molar-refractivity contribution in [2.75, 3.05) is 13.2 Å². The standard InChI is InChI=1S/C12H15NO3/c1-2-9-5-3-4-6-11(9)15-8-10-7-13-12(14)16-10/h3-6,10H,2,7-8H2,1H3,(H,13,14).